The molecule has 4 N–H and O–H groups in total. The highest BCUT2D eigenvalue weighted by molar-refractivity contribution is 6.61. The number of carbonyl (C=O) groups excluding carboxylic acids is 1. The molecule has 1 atom stereocenters. The predicted molar refractivity (Wildman–Crippen MR) is 131 cm³/mol. The monoisotopic (exact) mass is 460 g/mol. The van der Waals surface area contributed by atoms with Gasteiger partial charge in [-0.3, -0.25) is 9.78 Å². The van der Waals surface area contributed by atoms with Gasteiger partial charge in [0.1, 0.15) is 11.5 Å². The molecule has 8 nitrogen and oxygen atoms in total. The summed E-state index contributed by atoms with van der Waals surface area (Å²) in [7, 11) is -0.657. The Morgan fingerprint density at radius 1 is 1.06 bits per heavy atom. The van der Waals surface area contributed by atoms with Crippen LogP contribution in [0.5, 0.6) is 0 Å². The lowest BCUT2D eigenvalue weighted by molar-refractivity contribution is 0.00578. The minimum absolute atomic E-state index is 0.203. The van der Waals surface area contributed by atoms with Crippen LogP contribution >= 0.6 is 0 Å². The first-order valence-corrected chi connectivity index (χ1v) is 11.2. The first-order valence-electron chi connectivity index (χ1n) is 11.2. The highest BCUT2D eigenvalue weighted by Gasteiger charge is 2.52. The van der Waals surface area contributed by atoms with Crippen LogP contribution in [0.25, 0.3) is 11.3 Å². The number of amides is 1. The summed E-state index contributed by atoms with van der Waals surface area (Å²) in [5, 5.41) is 12.6. The van der Waals surface area contributed by atoms with Crippen molar-refractivity contribution in [2.75, 3.05) is 12.3 Å². The van der Waals surface area contributed by atoms with Crippen molar-refractivity contribution in [3.05, 3.63) is 71.9 Å². The molecule has 0 unspecified atom stereocenters. The number of nitrogens with two attached hydrogens (primary N) is 1. The standard InChI is InChI=1S/C25H29BN4O4/c1-24(2)25(3,4)34-26(33-24)20-14-28-22(27)21(30-20)17-10-12-18(13-11-17)23(32)29-19(15-31)16-8-6-5-7-9-16/h5-14,19,31H,15H2,1-4H3,(H2,27,28)(H,29,32)/t19-/m1/s1. The fraction of sp³-hybridized carbons (Fsp3) is 0.320. The van der Waals surface area contributed by atoms with Crippen molar-refractivity contribution in [1.29, 1.82) is 0 Å². The molecule has 9 heteroatoms. The van der Waals surface area contributed by atoms with Gasteiger partial charge in [-0.05, 0) is 45.4 Å². The van der Waals surface area contributed by atoms with Crippen LogP contribution in [0.3, 0.4) is 0 Å². The number of carbonyl (C=O) groups is 1. The van der Waals surface area contributed by atoms with Gasteiger partial charge in [0.2, 0.25) is 0 Å². The van der Waals surface area contributed by atoms with Gasteiger partial charge in [0.25, 0.3) is 5.91 Å². The van der Waals surface area contributed by atoms with E-state index in [0.29, 0.717) is 22.4 Å². The van der Waals surface area contributed by atoms with Crippen molar-refractivity contribution in [2.24, 2.45) is 0 Å². The molecule has 2 heterocycles. The van der Waals surface area contributed by atoms with E-state index in [0.717, 1.165) is 5.56 Å². The Labute approximate surface area is 199 Å². The van der Waals surface area contributed by atoms with Crippen molar-refractivity contribution in [3.63, 3.8) is 0 Å². The number of aliphatic hydroxyl groups excluding tert-OH is 1. The molecule has 176 valence electrons. The van der Waals surface area contributed by atoms with E-state index in [-0.39, 0.29) is 18.3 Å². The fourth-order valence-electron chi connectivity index (χ4n) is 3.64. The van der Waals surface area contributed by atoms with Gasteiger partial charge in [0.05, 0.1) is 29.4 Å². The van der Waals surface area contributed by atoms with Crippen molar-refractivity contribution in [1.82, 2.24) is 15.3 Å². The van der Waals surface area contributed by atoms with Gasteiger partial charge in [0, 0.05) is 17.3 Å². The molecule has 1 saturated heterocycles. The van der Waals surface area contributed by atoms with E-state index in [2.05, 4.69) is 15.3 Å². The normalized spacial score (nSPS) is 17.4. The third-order valence-electron chi connectivity index (χ3n) is 6.42. The zero-order chi connectivity index (χ0) is 24.5. The maximum absolute atomic E-state index is 12.7. The van der Waals surface area contributed by atoms with E-state index in [1.54, 1.807) is 30.5 Å². The van der Waals surface area contributed by atoms with Gasteiger partial charge in [-0.25, -0.2) is 4.98 Å². The molecule has 1 aliphatic rings. The molecule has 3 aromatic rings. The van der Waals surface area contributed by atoms with E-state index in [1.165, 1.54) is 0 Å². The Morgan fingerprint density at radius 3 is 2.26 bits per heavy atom. The van der Waals surface area contributed by atoms with Crippen LogP contribution in [-0.2, 0) is 9.31 Å². The maximum Gasteiger partial charge on any atom is 0.516 e. The van der Waals surface area contributed by atoms with Gasteiger partial charge in [-0.1, -0.05) is 42.5 Å². The summed E-state index contributed by atoms with van der Waals surface area (Å²) in [5.74, 6) is -0.0265. The Balaban J connectivity index is 1.53. The molecule has 0 aliphatic carbocycles. The van der Waals surface area contributed by atoms with Crippen molar-refractivity contribution in [3.8, 4) is 11.3 Å². The number of nitrogen functional groups attached to an aromatic ring is 1. The van der Waals surface area contributed by atoms with Gasteiger partial charge >= 0.3 is 7.12 Å². The van der Waals surface area contributed by atoms with Crippen LogP contribution in [0.2, 0.25) is 0 Å². The first kappa shape index (κ1) is 23.9. The maximum atomic E-state index is 12.7. The zero-order valence-electron chi connectivity index (χ0n) is 19.8. The average Bonchev–Trinajstić information content (AvgIpc) is 3.05. The number of benzene rings is 2. The summed E-state index contributed by atoms with van der Waals surface area (Å²) in [5.41, 5.74) is 8.12. The summed E-state index contributed by atoms with van der Waals surface area (Å²) >= 11 is 0. The molecule has 2 aromatic carbocycles. The summed E-state index contributed by atoms with van der Waals surface area (Å²) in [6.07, 6.45) is 1.56. The Hall–Kier alpha value is -3.27. The topological polar surface area (TPSA) is 120 Å². The zero-order valence-corrected chi connectivity index (χ0v) is 19.8. The average molecular weight is 460 g/mol. The number of rotatable bonds is 6. The van der Waals surface area contributed by atoms with Crippen molar-refractivity contribution < 1.29 is 19.2 Å². The molecule has 1 amide bonds. The van der Waals surface area contributed by atoms with Crippen molar-refractivity contribution >= 4 is 24.4 Å². The molecule has 1 fully saturated rings. The summed E-state index contributed by atoms with van der Waals surface area (Å²) in [6, 6.07) is 15.7. The third kappa shape index (κ3) is 4.68. The number of aliphatic hydroxyl groups is 1. The van der Waals surface area contributed by atoms with Gasteiger partial charge < -0.3 is 25.5 Å². The Morgan fingerprint density at radius 2 is 1.68 bits per heavy atom. The molecule has 0 saturated carbocycles. The van der Waals surface area contributed by atoms with Crippen LogP contribution in [0.15, 0.2) is 60.8 Å². The molecule has 0 bridgehead atoms. The van der Waals surface area contributed by atoms with Crippen LogP contribution in [0.1, 0.15) is 49.7 Å². The number of nitrogens with one attached hydrogen (secondary N) is 1. The van der Waals surface area contributed by atoms with E-state index >= 15 is 0 Å². The number of hydrogen-bond donors (Lipinski definition) is 3. The second-order valence-corrected chi connectivity index (χ2v) is 9.31. The second kappa shape index (κ2) is 9.17. The first-order chi connectivity index (χ1) is 16.1. The molecule has 34 heavy (non-hydrogen) atoms. The lowest BCUT2D eigenvalue weighted by Crippen LogP contribution is -2.41. The molecule has 0 radical (unpaired) electrons. The molecule has 0 spiro atoms. The minimum Gasteiger partial charge on any atom is -0.398 e. The highest BCUT2D eigenvalue weighted by Crippen LogP contribution is 2.36. The van der Waals surface area contributed by atoms with E-state index in [1.807, 2.05) is 58.0 Å². The van der Waals surface area contributed by atoms with Crippen LogP contribution in [0.4, 0.5) is 5.82 Å². The molecule has 1 aromatic heterocycles. The molecule has 4 rings (SSSR count). The van der Waals surface area contributed by atoms with Gasteiger partial charge in [-0.15, -0.1) is 0 Å². The Kier molecular flexibility index (Phi) is 6.44. The van der Waals surface area contributed by atoms with Gasteiger partial charge in [0.15, 0.2) is 0 Å². The van der Waals surface area contributed by atoms with E-state index < -0.39 is 24.4 Å². The van der Waals surface area contributed by atoms with Crippen molar-refractivity contribution in [2.45, 2.75) is 44.9 Å². The molecule has 1 aliphatic heterocycles. The summed E-state index contributed by atoms with van der Waals surface area (Å²) < 4.78 is 12.2. The predicted octanol–water partition coefficient (Wildman–Crippen LogP) is 2.49. The summed E-state index contributed by atoms with van der Waals surface area (Å²) in [4.78, 5) is 21.7. The number of nitrogens with zero attached hydrogens (tertiary/aromatic N) is 2. The third-order valence-corrected chi connectivity index (χ3v) is 6.42. The number of anilines is 1. The van der Waals surface area contributed by atoms with Crippen LogP contribution in [0, 0.1) is 0 Å². The SMILES string of the molecule is CC1(C)OB(c2cnc(N)c(-c3ccc(C(=O)N[C@H](CO)c4ccccc4)cc3)n2)OC1(C)C. The van der Waals surface area contributed by atoms with Crippen LogP contribution in [-0.4, -0.2) is 45.9 Å². The quantitative estimate of drug-likeness (QED) is 0.484. The largest absolute Gasteiger partial charge is 0.516 e. The highest BCUT2D eigenvalue weighted by atomic mass is 16.7. The Bertz CT molecular complexity index is 1150. The lowest BCUT2D eigenvalue weighted by atomic mass is 9.85. The van der Waals surface area contributed by atoms with E-state index in [4.69, 9.17) is 15.0 Å². The lowest BCUT2D eigenvalue weighted by Gasteiger charge is -2.32. The van der Waals surface area contributed by atoms with Gasteiger partial charge in [-0.2, -0.15) is 0 Å². The second-order valence-electron chi connectivity index (χ2n) is 9.31. The minimum atomic E-state index is -0.657. The molecular weight excluding hydrogens is 431 g/mol. The van der Waals surface area contributed by atoms with E-state index in [9.17, 15) is 9.90 Å². The number of hydrogen-bond acceptors (Lipinski definition) is 7. The smallest absolute Gasteiger partial charge is 0.398 e. The fourth-order valence-corrected chi connectivity index (χ4v) is 3.64. The summed E-state index contributed by atoms with van der Waals surface area (Å²) in [6.45, 7) is 7.69. The van der Waals surface area contributed by atoms with Crippen LogP contribution < -0.4 is 16.6 Å². The molecular formula is C25H29BN4O4. The number of aromatic nitrogens is 2.